The van der Waals surface area contributed by atoms with E-state index in [1.54, 1.807) is 6.20 Å². The molecule has 36 heavy (non-hydrogen) atoms. The Bertz CT molecular complexity index is 1340. The van der Waals surface area contributed by atoms with Crippen LogP contribution in [0.5, 0.6) is 5.75 Å². The molecule has 5 rings (SSSR count). The standard InChI is InChI=1S/C26H30N6O4/c1-4-31(26(33)34)19-5-7-22-18(15-19)9-14-32(22)23-8-6-21(16-27-23)35-20-10-12-30(13-11-20)25-28-24(17(2)3)29-36-25/h5-9,14-17,20H,4,10-13H2,1-3H3,(H,33,34). The number of pyridine rings is 1. The van der Waals surface area contributed by atoms with Crippen molar-refractivity contribution in [2.24, 2.45) is 0 Å². The molecule has 0 atom stereocenters. The molecule has 10 heteroatoms. The summed E-state index contributed by atoms with van der Waals surface area (Å²) in [4.78, 5) is 24.0. The fourth-order valence-corrected chi connectivity index (χ4v) is 4.46. The second-order valence-electron chi connectivity index (χ2n) is 9.20. The molecular formula is C26H30N6O4. The molecule has 188 valence electrons. The minimum Gasteiger partial charge on any atom is -0.489 e. The van der Waals surface area contributed by atoms with Gasteiger partial charge in [0.05, 0.1) is 11.7 Å². The highest BCUT2D eigenvalue weighted by Crippen LogP contribution is 2.27. The van der Waals surface area contributed by atoms with Gasteiger partial charge in [0, 0.05) is 55.7 Å². The summed E-state index contributed by atoms with van der Waals surface area (Å²) in [5.41, 5.74) is 1.60. The Morgan fingerprint density at radius 1 is 1.22 bits per heavy atom. The van der Waals surface area contributed by atoms with E-state index in [0.29, 0.717) is 18.2 Å². The van der Waals surface area contributed by atoms with Crippen LogP contribution in [0.25, 0.3) is 16.7 Å². The topological polar surface area (TPSA) is 110 Å². The molecule has 1 N–H and O–H groups in total. The first kappa shape index (κ1) is 23.7. The summed E-state index contributed by atoms with van der Waals surface area (Å²) in [7, 11) is 0. The lowest BCUT2D eigenvalue weighted by atomic mass is 10.1. The van der Waals surface area contributed by atoms with Crippen molar-refractivity contribution in [1.29, 1.82) is 0 Å². The molecule has 0 spiro atoms. The Balaban J connectivity index is 1.22. The van der Waals surface area contributed by atoms with Gasteiger partial charge in [0.2, 0.25) is 0 Å². The van der Waals surface area contributed by atoms with Crippen LogP contribution in [-0.4, -0.2) is 56.6 Å². The Morgan fingerprint density at radius 2 is 2.03 bits per heavy atom. The first-order chi connectivity index (χ1) is 17.4. The summed E-state index contributed by atoms with van der Waals surface area (Å²) in [6.45, 7) is 7.89. The normalized spacial score (nSPS) is 14.5. The number of anilines is 2. The minimum absolute atomic E-state index is 0.1000. The van der Waals surface area contributed by atoms with E-state index in [9.17, 15) is 9.90 Å². The molecular weight excluding hydrogens is 460 g/mol. The quantitative estimate of drug-likeness (QED) is 0.382. The maximum absolute atomic E-state index is 11.5. The maximum atomic E-state index is 11.5. The van der Waals surface area contributed by atoms with Gasteiger partial charge in [0.25, 0.3) is 0 Å². The van der Waals surface area contributed by atoms with Gasteiger partial charge in [0.1, 0.15) is 17.7 Å². The number of rotatable bonds is 7. The highest BCUT2D eigenvalue weighted by Gasteiger charge is 2.25. The Labute approximate surface area is 209 Å². The number of amides is 1. The van der Waals surface area contributed by atoms with E-state index in [1.807, 2.05) is 67.9 Å². The zero-order valence-electron chi connectivity index (χ0n) is 20.7. The fourth-order valence-electron chi connectivity index (χ4n) is 4.46. The van der Waals surface area contributed by atoms with Crippen molar-refractivity contribution in [2.75, 3.05) is 29.4 Å². The zero-order valence-corrected chi connectivity index (χ0v) is 20.7. The number of carbonyl (C=O) groups is 1. The van der Waals surface area contributed by atoms with Gasteiger partial charge in [-0.1, -0.05) is 19.0 Å². The largest absolute Gasteiger partial charge is 0.489 e. The number of carboxylic acid groups (broad SMARTS) is 1. The van der Waals surface area contributed by atoms with E-state index in [4.69, 9.17) is 9.26 Å². The van der Waals surface area contributed by atoms with Crippen LogP contribution in [0, 0.1) is 0 Å². The Hall–Kier alpha value is -4.08. The summed E-state index contributed by atoms with van der Waals surface area (Å²) < 4.78 is 13.6. The van der Waals surface area contributed by atoms with Gasteiger partial charge in [0.15, 0.2) is 5.82 Å². The number of piperidine rings is 1. The van der Waals surface area contributed by atoms with Gasteiger partial charge in [-0.3, -0.25) is 4.90 Å². The molecule has 1 aromatic carbocycles. The number of hydrogen-bond donors (Lipinski definition) is 1. The van der Waals surface area contributed by atoms with Crippen molar-refractivity contribution in [2.45, 2.75) is 45.6 Å². The molecule has 0 unspecified atom stereocenters. The molecule has 0 aliphatic carbocycles. The number of fused-ring (bicyclic) bond motifs is 1. The van der Waals surface area contributed by atoms with E-state index >= 15 is 0 Å². The van der Waals surface area contributed by atoms with Crippen molar-refractivity contribution < 1.29 is 19.2 Å². The number of ether oxygens (including phenoxy) is 1. The van der Waals surface area contributed by atoms with E-state index in [1.165, 1.54) is 4.90 Å². The fraction of sp³-hybridized carbons (Fsp3) is 0.385. The van der Waals surface area contributed by atoms with Crippen LogP contribution < -0.4 is 14.5 Å². The van der Waals surface area contributed by atoms with Crippen LogP contribution in [0.2, 0.25) is 0 Å². The van der Waals surface area contributed by atoms with Crippen LogP contribution in [0.3, 0.4) is 0 Å². The molecule has 1 fully saturated rings. The lowest BCUT2D eigenvalue weighted by Gasteiger charge is -2.30. The van der Waals surface area contributed by atoms with Gasteiger partial charge in [-0.25, -0.2) is 9.78 Å². The summed E-state index contributed by atoms with van der Waals surface area (Å²) in [6.07, 6.45) is 4.54. The van der Waals surface area contributed by atoms with Gasteiger partial charge in [-0.05, 0) is 43.3 Å². The van der Waals surface area contributed by atoms with Crippen molar-refractivity contribution >= 4 is 28.7 Å². The third-order valence-electron chi connectivity index (χ3n) is 6.46. The van der Waals surface area contributed by atoms with Crippen LogP contribution in [0.1, 0.15) is 45.4 Å². The molecule has 10 nitrogen and oxygen atoms in total. The third kappa shape index (κ3) is 4.71. The van der Waals surface area contributed by atoms with Crippen molar-refractivity contribution in [1.82, 2.24) is 19.7 Å². The third-order valence-corrected chi connectivity index (χ3v) is 6.46. The number of benzene rings is 1. The lowest BCUT2D eigenvalue weighted by Crippen LogP contribution is -2.38. The predicted octanol–water partition coefficient (Wildman–Crippen LogP) is 5.08. The molecule has 1 aliphatic rings. The van der Waals surface area contributed by atoms with E-state index in [0.717, 1.165) is 54.2 Å². The van der Waals surface area contributed by atoms with Gasteiger partial charge < -0.3 is 23.8 Å². The molecule has 0 bridgehead atoms. The summed E-state index contributed by atoms with van der Waals surface area (Å²) in [5, 5.41) is 14.4. The van der Waals surface area contributed by atoms with Crippen molar-refractivity contribution in [3.8, 4) is 11.6 Å². The molecule has 0 saturated carbocycles. The van der Waals surface area contributed by atoms with Gasteiger partial charge in [-0.2, -0.15) is 4.98 Å². The van der Waals surface area contributed by atoms with Gasteiger partial charge in [-0.15, -0.1) is 0 Å². The van der Waals surface area contributed by atoms with Crippen LogP contribution in [0.15, 0.2) is 53.3 Å². The maximum Gasteiger partial charge on any atom is 0.411 e. The van der Waals surface area contributed by atoms with E-state index < -0.39 is 6.09 Å². The number of hydrogen-bond acceptors (Lipinski definition) is 7. The molecule has 4 aromatic rings. The smallest absolute Gasteiger partial charge is 0.411 e. The molecule has 3 aromatic heterocycles. The van der Waals surface area contributed by atoms with E-state index in [-0.39, 0.29) is 12.0 Å². The summed E-state index contributed by atoms with van der Waals surface area (Å²) >= 11 is 0. The van der Waals surface area contributed by atoms with Crippen LogP contribution >= 0.6 is 0 Å². The number of nitrogens with zero attached hydrogens (tertiary/aromatic N) is 6. The second-order valence-corrected chi connectivity index (χ2v) is 9.20. The SMILES string of the molecule is CCN(C(=O)O)c1ccc2c(ccn2-c2ccc(OC3CCN(c4nc(C(C)C)no4)CC3)cn2)c1. The van der Waals surface area contributed by atoms with Crippen molar-refractivity contribution in [3.63, 3.8) is 0 Å². The Kier molecular flexibility index (Phi) is 6.49. The molecule has 1 saturated heterocycles. The van der Waals surface area contributed by atoms with E-state index in [2.05, 4.69) is 20.0 Å². The highest BCUT2D eigenvalue weighted by atomic mass is 16.5. The second kappa shape index (κ2) is 9.88. The van der Waals surface area contributed by atoms with Crippen LogP contribution in [0.4, 0.5) is 16.5 Å². The lowest BCUT2D eigenvalue weighted by molar-refractivity contribution is 0.168. The Morgan fingerprint density at radius 3 is 2.67 bits per heavy atom. The first-order valence-corrected chi connectivity index (χ1v) is 12.3. The minimum atomic E-state index is -0.964. The first-order valence-electron chi connectivity index (χ1n) is 12.3. The summed E-state index contributed by atoms with van der Waals surface area (Å²) in [6, 6.07) is 12.0. The highest BCUT2D eigenvalue weighted by molar-refractivity contribution is 5.91. The molecule has 1 aliphatic heterocycles. The molecule has 1 amide bonds. The van der Waals surface area contributed by atoms with Gasteiger partial charge >= 0.3 is 12.1 Å². The van der Waals surface area contributed by atoms with Crippen LogP contribution in [-0.2, 0) is 0 Å². The predicted molar refractivity (Wildman–Crippen MR) is 136 cm³/mol. The number of aromatic nitrogens is 4. The van der Waals surface area contributed by atoms with Crippen molar-refractivity contribution in [3.05, 3.63) is 54.6 Å². The molecule has 4 heterocycles. The monoisotopic (exact) mass is 490 g/mol. The zero-order chi connectivity index (χ0) is 25.2. The average molecular weight is 491 g/mol. The summed E-state index contributed by atoms with van der Waals surface area (Å²) in [5.74, 6) is 2.47. The average Bonchev–Trinajstić information content (AvgIpc) is 3.53. The molecule has 0 radical (unpaired) electrons.